The van der Waals surface area contributed by atoms with Gasteiger partial charge >= 0.3 is 5.97 Å². The molecule has 0 saturated heterocycles. The molecule has 0 aromatic heterocycles. The van der Waals surface area contributed by atoms with Gasteiger partial charge in [-0.25, -0.2) is 0 Å². The van der Waals surface area contributed by atoms with Crippen molar-refractivity contribution >= 4 is 5.97 Å². The van der Waals surface area contributed by atoms with Crippen LogP contribution in [-0.2, 0) is 4.79 Å². The van der Waals surface area contributed by atoms with Crippen molar-refractivity contribution in [3.8, 4) is 0 Å². The lowest BCUT2D eigenvalue weighted by Gasteiger charge is -2.62. The van der Waals surface area contributed by atoms with Crippen molar-refractivity contribution in [3.05, 3.63) is 0 Å². The van der Waals surface area contributed by atoms with Gasteiger partial charge in [0, 0.05) is 6.42 Å². The molecule has 28 heavy (non-hydrogen) atoms. The van der Waals surface area contributed by atoms with Crippen molar-refractivity contribution in [2.75, 3.05) is 0 Å². The van der Waals surface area contributed by atoms with Crippen LogP contribution in [0.1, 0.15) is 85.0 Å². The number of rotatable bonds is 4. The molecule has 4 saturated carbocycles. The average Bonchev–Trinajstić information content (AvgIpc) is 2.98. The zero-order valence-corrected chi connectivity index (χ0v) is 17.9. The fraction of sp³-hybridized carbons (Fsp3) is 0.958. The van der Waals surface area contributed by atoms with Crippen LogP contribution in [0, 0.1) is 46.3 Å². The smallest absolute Gasteiger partial charge is 0.303 e. The quantitative estimate of drug-likeness (QED) is 0.659. The highest BCUT2D eigenvalue weighted by Crippen LogP contribution is 2.68. The van der Waals surface area contributed by atoms with E-state index in [-0.39, 0.29) is 29.5 Å². The van der Waals surface area contributed by atoms with Crippen molar-refractivity contribution in [1.29, 1.82) is 0 Å². The molecular formula is C24H40O4. The van der Waals surface area contributed by atoms with Crippen LogP contribution in [0.15, 0.2) is 0 Å². The van der Waals surface area contributed by atoms with E-state index in [2.05, 4.69) is 20.8 Å². The van der Waals surface area contributed by atoms with Crippen molar-refractivity contribution < 1.29 is 20.1 Å². The second-order valence-electron chi connectivity index (χ2n) is 11.4. The summed E-state index contributed by atoms with van der Waals surface area (Å²) in [6.45, 7) is 7.16. The Kier molecular flexibility index (Phi) is 5.36. The van der Waals surface area contributed by atoms with Gasteiger partial charge in [0.15, 0.2) is 0 Å². The van der Waals surface area contributed by atoms with Crippen molar-refractivity contribution in [1.82, 2.24) is 0 Å². The van der Waals surface area contributed by atoms with Crippen molar-refractivity contribution in [2.45, 2.75) is 97.2 Å². The number of carbonyl (C=O) groups is 1. The Morgan fingerprint density at radius 2 is 1.68 bits per heavy atom. The number of fused-ring (bicyclic) bond motifs is 5. The van der Waals surface area contributed by atoms with E-state index in [4.69, 9.17) is 5.11 Å². The number of carboxylic acids is 1. The third kappa shape index (κ3) is 3.14. The Hall–Kier alpha value is -0.610. The number of hydrogen-bond donors (Lipinski definition) is 3. The molecule has 4 unspecified atom stereocenters. The van der Waals surface area contributed by atoms with Crippen molar-refractivity contribution in [2.24, 2.45) is 46.3 Å². The minimum atomic E-state index is -0.684. The molecule has 0 radical (unpaired) electrons. The normalized spacial score (nSPS) is 51.7. The Labute approximate surface area is 170 Å². The Morgan fingerprint density at radius 1 is 1.00 bits per heavy atom. The summed E-state index contributed by atoms with van der Waals surface area (Å²) in [5.74, 6) is 2.36. The standard InChI is InChI=1S/C24H40O4/c1-14(4-7-21(27)28)17-5-6-18-22-19(9-11-24(17,18)3)23(2)10-8-16(25)12-15(23)13-20(22)26/h14-20,22,25-26H,4-13H2,1-3H3,(H,27,28)/t14-,15?,16+,17-,18?,19?,20-,22?,23+,24-/m1/s1. The molecule has 0 aromatic carbocycles. The van der Waals surface area contributed by atoms with Crippen LogP contribution in [0.4, 0.5) is 0 Å². The van der Waals surface area contributed by atoms with Gasteiger partial charge in [-0.2, -0.15) is 0 Å². The summed E-state index contributed by atoms with van der Waals surface area (Å²) in [5, 5.41) is 30.5. The first-order valence-electron chi connectivity index (χ1n) is 11.7. The van der Waals surface area contributed by atoms with Gasteiger partial charge in [-0.3, -0.25) is 4.79 Å². The van der Waals surface area contributed by atoms with Crippen LogP contribution in [0.2, 0.25) is 0 Å². The summed E-state index contributed by atoms with van der Waals surface area (Å²) in [7, 11) is 0. The molecule has 0 aromatic rings. The maximum atomic E-state index is 11.2. The van der Waals surface area contributed by atoms with E-state index >= 15 is 0 Å². The van der Waals surface area contributed by atoms with Crippen LogP contribution in [0.5, 0.6) is 0 Å². The van der Waals surface area contributed by atoms with E-state index in [0.29, 0.717) is 35.5 Å². The fourth-order valence-electron chi connectivity index (χ4n) is 8.73. The van der Waals surface area contributed by atoms with E-state index in [0.717, 1.165) is 32.1 Å². The summed E-state index contributed by atoms with van der Waals surface area (Å²) in [6, 6.07) is 0. The SMILES string of the molecule is C[C@H](CCC(=O)O)[C@H]1CCC2C3C(CC[C@@]21C)[C@@]1(C)CC[C@H](O)CC1C[C@H]3O. The first-order valence-corrected chi connectivity index (χ1v) is 11.7. The van der Waals surface area contributed by atoms with Gasteiger partial charge in [-0.15, -0.1) is 0 Å². The third-order valence-electron chi connectivity index (χ3n) is 10.2. The number of aliphatic carboxylic acids is 1. The second-order valence-corrected chi connectivity index (χ2v) is 11.4. The number of hydrogen-bond acceptors (Lipinski definition) is 3. The lowest BCUT2D eigenvalue weighted by molar-refractivity contribution is -0.174. The molecule has 4 nitrogen and oxygen atoms in total. The zero-order valence-electron chi connectivity index (χ0n) is 17.9. The van der Waals surface area contributed by atoms with Gasteiger partial charge in [0.25, 0.3) is 0 Å². The zero-order chi connectivity index (χ0) is 20.3. The van der Waals surface area contributed by atoms with E-state index in [1.165, 1.54) is 25.7 Å². The predicted octanol–water partition coefficient (Wildman–Crippen LogP) is 4.48. The molecule has 0 aliphatic heterocycles. The van der Waals surface area contributed by atoms with Crippen LogP contribution >= 0.6 is 0 Å². The lowest BCUT2D eigenvalue weighted by atomic mass is 9.43. The summed E-state index contributed by atoms with van der Waals surface area (Å²) in [4.78, 5) is 11.1. The van der Waals surface area contributed by atoms with Crippen LogP contribution < -0.4 is 0 Å². The molecule has 4 aliphatic carbocycles. The summed E-state index contributed by atoms with van der Waals surface area (Å²) in [5.41, 5.74) is 0.523. The molecule has 4 aliphatic rings. The molecule has 160 valence electrons. The van der Waals surface area contributed by atoms with Gasteiger partial charge in [-0.05, 0) is 104 Å². The molecule has 4 heteroatoms. The minimum Gasteiger partial charge on any atom is -0.481 e. The molecule has 0 bridgehead atoms. The van der Waals surface area contributed by atoms with Crippen LogP contribution in [-0.4, -0.2) is 33.5 Å². The van der Waals surface area contributed by atoms with Gasteiger partial charge in [0.1, 0.15) is 0 Å². The monoisotopic (exact) mass is 392 g/mol. The fourth-order valence-corrected chi connectivity index (χ4v) is 8.73. The largest absolute Gasteiger partial charge is 0.481 e. The first-order chi connectivity index (χ1) is 13.2. The number of aliphatic hydroxyl groups is 2. The molecule has 0 heterocycles. The van der Waals surface area contributed by atoms with E-state index in [1.807, 2.05) is 0 Å². The highest BCUT2D eigenvalue weighted by Gasteiger charge is 2.62. The maximum Gasteiger partial charge on any atom is 0.303 e. The molecule has 4 fully saturated rings. The summed E-state index contributed by atoms with van der Waals surface area (Å²) in [6.07, 6.45) is 9.19. The molecule has 0 amide bonds. The predicted molar refractivity (Wildman–Crippen MR) is 109 cm³/mol. The topological polar surface area (TPSA) is 77.8 Å². The van der Waals surface area contributed by atoms with Crippen LogP contribution in [0.25, 0.3) is 0 Å². The Morgan fingerprint density at radius 3 is 2.39 bits per heavy atom. The Balaban J connectivity index is 1.55. The van der Waals surface area contributed by atoms with E-state index in [9.17, 15) is 15.0 Å². The third-order valence-corrected chi connectivity index (χ3v) is 10.2. The average molecular weight is 393 g/mol. The van der Waals surface area contributed by atoms with Gasteiger partial charge in [0.05, 0.1) is 12.2 Å². The van der Waals surface area contributed by atoms with Gasteiger partial charge < -0.3 is 15.3 Å². The van der Waals surface area contributed by atoms with Gasteiger partial charge in [-0.1, -0.05) is 20.8 Å². The summed E-state index contributed by atoms with van der Waals surface area (Å²) >= 11 is 0. The van der Waals surface area contributed by atoms with Crippen molar-refractivity contribution in [3.63, 3.8) is 0 Å². The highest BCUT2D eigenvalue weighted by atomic mass is 16.4. The minimum absolute atomic E-state index is 0.179. The molecule has 0 spiro atoms. The first kappa shape index (κ1) is 20.7. The van der Waals surface area contributed by atoms with E-state index < -0.39 is 5.97 Å². The molecule has 4 rings (SSSR count). The second kappa shape index (κ2) is 7.27. The molecule has 3 N–H and O–H groups in total. The number of aliphatic hydroxyl groups excluding tert-OH is 2. The Bertz CT molecular complexity index is 605. The van der Waals surface area contributed by atoms with Crippen LogP contribution in [0.3, 0.4) is 0 Å². The lowest BCUT2D eigenvalue weighted by Crippen LogP contribution is -2.58. The number of carboxylic acid groups (broad SMARTS) is 1. The maximum absolute atomic E-state index is 11.2. The highest BCUT2D eigenvalue weighted by molar-refractivity contribution is 5.66. The summed E-state index contributed by atoms with van der Waals surface area (Å²) < 4.78 is 0. The molecule has 10 atom stereocenters. The van der Waals surface area contributed by atoms with Gasteiger partial charge in [0.2, 0.25) is 0 Å². The molecular weight excluding hydrogens is 352 g/mol. The van der Waals surface area contributed by atoms with E-state index in [1.54, 1.807) is 0 Å².